The number of H-pyrrole nitrogens is 1. The van der Waals surface area contributed by atoms with E-state index in [1.807, 2.05) is 24.3 Å². The van der Waals surface area contributed by atoms with Crippen LogP contribution in [-0.4, -0.2) is 33.7 Å². The lowest BCUT2D eigenvalue weighted by Crippen LogP contribution is -2.42. The number of para-hydroxylation sites is 1. The fraction of sp³-hybridized carbons (Fsp3) is 0.357. The molecule has 0 saturated heterocycles. The highest BCUT2D eigenvalue weighted by molar-refractivity contribution is 5.76. The largest absolute Gasteiger partial charge is 0.491 e. The number of aryl methyl sites for hydroxylation is 1. The number of hydrogen-bond acceptors (Lipinski definition) is 4. The lowest BCUT2D eigenvalue weighted by molar-refractivity contribution is -0.122. The summed E-state index contributed by atoms with van der Waals surface area (Å²) in [6.07, 6.45) is 3.21. The van der Waals surface area contributed by atoms with Gasteiger partial charge in [0.2, 0.25) is 5.91 Å². The second-order valence-electron chi connectivity index (χ2n) is 4.82. The number of ether oxygens (including phenoxy) is 1. The highest BCUT2D eigenvalue weighted by Gasteiger charge is 2.20. The molecule has 104 valence electrons. The fourth-order valence-electron chi connectivity index (χ4n) is 2.30. The quantitative estimate of drug-likeness (QED) is 0.865. The van der Waals surface area contributed by atoms with Crippen LogP contribution in [-0.2, 0) is 17.6 Å². The first-order valence-electron chi connectivity index (χ1n) is 6.65. The fourth-order valence-corrected chi connectivity index (χ4v) is 2.30. The number of fused-ring (bicyclic) bond motifs is 1. The van der Waals surface area contributed by atoms with Gasteiger partial charge in [-0.15, -0.1) is 0 Å². The number of aromatic amines is 1. The van der Waals surface area contributed by atoms with E-state index in [-0.39, 0.29) is 11.9 Å². The van der Waals surface area contributed by atoms with Crippen molar-refractivity contribution in [2.24, 2.45) is 0 Å². The van der Waals surface area contributed by atoms with Gasteiger partial charge in [0, 0.05) is 12.8 Å². The maximum Gasteiger partial charge on any atom is 0.220 e. The summed E-state index contributed by atoms with van der Waals surface area (Å²) in [5.41, 5.74) is 1.14. The molecule has 0 radical (unpaired) electrons. The molecule has 20 heavy (non-hydrogen) atoms. The van der Waals surface area contributed by atoms with Gasteiger partial charge in [-0.2, -0.15) is 5.10 Å². The third-order valence-corrected chi connectivity index (χ3v) is 3.30. The second-order valence-corrected chi connectivity index (χ2v) is 4.82. The second kappa shape index (κ2) is 5.73. The summed E-state index contributed by atoms with van der Waals surface area (Å²) in [7, 11) is 0. The van der Waals surface area contributed by atoms with Crippen LogP contribution in [0.2, 0.25) is 0 Å². The number of carbonyl (C=O) groups excluding carboxylic acids is 1. The Morgan fingerprint density at radius 2 is 2.35 bits per heavy atom. The molecule has 2 N–H and O–H groups in total. The molecule has 6 heteroatoms. The molecule has 1 aliphatic heterocycles. The standard InChI is InChI=1S/C14H16N4O2/c19-14(6-5-13-15-9-16-18-13)17-11-7-10-3-1-2-4-12(10)20-8-11/h1-4,9,11H,5-8H2,(H,17,19)(H,15,16,18). The van der Waals surface area contributed by atoms with Gasteiger partial charge in [0.25, 0.3) is 0 Å². The van der Waals surface area contributed by atoms with Gasteiger partial charge in [-0.05, 0) is 18.1 Å². The third-order valence-electron chi connectivity index (χ3n) is 3.30. The Balaban J connectivity index is 1.50. The van der Waals surface area contributed by atoms with Crippen molar-refractivity contribution in [3.63, 3.8) is 0 Å². The normalized spacial score (nSPS) is 17.1. The van der Waals surface area contributed by atoms with Crippen molar-refractivity contribution in [2.75, 3.05) is 6.61 Å². The van der Waals surface area contributed by atoms with E-state index in [0.717, 1.165) is 23.6 Å². The van der Waals surface area contributed by atoms with Crippen molar-refractivity contribution < 1.29 is 9.53 Å². The molecule has 0 saturated carbocycles. The number of benzene rings is 1. The zero-order chi connectivity index (χ0) is 13.8. The first-order valence-corrected chi connectivity index (χ1v) is 6.65. The van der Waals surface area contributed by atoms with E-state index in [2.05, 4.69) is 20.5 Å². The van der Waals surface area contributed by atoms with Crippen molar-refractivity contribution in [3.05, 3.63) is 42.0 Å². The van der Waals surface area contributed by atoms with Crippen LogP contribution < -0.4 is 10.1 Å². The molecule has 6 nitrogen and oxygen atoms in total. The summed E-state index contributed by atoms with van der Waals surface area (Å²) >= 11 is 0. The van der Waals surface area contributed by atoms with Gasteiger partial charge in [-0.1, -0.05) is 18.2 Å². The Hall–Kier alpha value is -2.37. The summed E-state index contributed by atoms with van der Waals surface area (Å²) in [6.45, 7) is 0.519. The number of rotatable bonds is 4. The molecule has 1 aliphatic rings. The summed E-state index contributed by atoms with van der Waals surface area (Å²) < 4.78 is 5.64. The highest BCUT2D eigenvalue weighted by atomic mass is 16.5. The van der Waals surface area contributed by atoms with E-state index < -0.39 is 0 Å². The van der Waals surface area contributed by atoms with Crippen LogP contribution in [0.3, 0.4) is 0 Å². The highest BCUT2D eigenvalue weighted by Crippen LogP contribution is 2.23. The molecular weight excluding hydrogens is 256 g/mol. The van der Waals surface area contributed by atoms with Gasteiger partial charge in [-0.25, -0.2) is 4.98 Å². The topological polar surface area (TPSA) is 79.9 Å². The predicted octanol–water partition coefficient (Wildman–Crippen LogP) is 0.857. The minimum Gasteiger partial charge on any atom is -0.491 e. The zero-order valence-electron chi connectivity index (χ0n) is 11.0. The van der Waals surface area contributed by atoms with Crippen LogP contribution in [0.4, 0.5) is 0 Å². The number of aromatic nitrogens is 3. The molecule has 1 amide bonds. The van der Waals surface area contributed by atoms with Crippen molar-refractivity contribution in [2.45, 2.75) is 25.3 Å². The minimum atomic E-state index is 0.00869. The van der Waals surface area contributed by atoms with Gasteiger partial charge in [0.05, 0.1) is 6.04 Å². The Morgan fingerprint density at radius 3 is 3.20 bits per heavy atom. The first kappa shape index (κ1) is 12.7. The molecular formula is C14H16N4O2. The maximum absolute atomic E-state index is 11.9. The number of hydrogen-bond donors (Lipinski definition) is 2. The molecule has 3 rings (SSSR count). The van der Waals surface area contributed by atoms with Crippen LogP contribution in [0.1, 0.15) is 17.8 Å². The molecule has 2 aromatic rings. The van der Waals surface area contributed by atoms with Gasteiger partial charge >= 0.3 is 0 Å². The van der Waals surface area contributed by atoms with E-state index in [1.165, 1.54) is 6.33 Å². The van der Waals surface area contributed by atoms with Crippen LogP contribution in [0, 0.1) is 0 Å². The number of amides is 1. The Morgan fingerprint density at radius 1 is 1.45 bits per heavy atom. The molecule has 0 fully saturated rings. The van der Waals surface area contributed by atoms with Crippen LogP contribution in [0.5, 0.6) is 5.75 Å². The minimum absolute atomic E-state index is 0.00869. The molecule has 1 unspecified atom stereocenters. The van der Waals surface area contributed by atoms with Gasteiger partial charge in [-0.3, -0.25) is 9.89 Å². The Kier molecular flexibility index (Phi) is 3.62. The predicted molar refractivity (Wildman–Crippen MR) is 72.3 cm³/mol. The van der Waals surface area contributed by atoms with Crippen molar-refractivity contribution in [1.82, 2.24) is 20.5 Å². The smallest absolute Gasteiger partial charge is 0.220 e. The summed E-state index contributed by atoms with van der Waals surface area (Å²) in [4.78, 5) is 15.9. The van der Waals surface area contributed by atoms with E-state index in [0.29, 0.717) is 19.4 Å². The Bertz CT molecular complexity index is 583. The molecule has 1 atom stereocenters. The van der Waals surface area contributed by atoms with Crippen LogP contribution in [0.15, 0.2) is 30.6 Å². The molecule has 1 aromatic heterocycles. The van der Waals surface area contributed by atoms with Crippen LogP contribution >= 0.6 is 0 Å². The SMILES string of the molecule is O=C(CCc1ncn[nH]1)NC1COc2ccccc2C1. The number of carbonyl (C=O) groups is 1. The van der Waals surface area contributed by atoms with Crippen LogP contribution in [0.25, 0.3) is 0 Å². The van der Waals surface area contributed by atoms with Gasteiger partial charge in [0.1, 0.15) is 24.5 Å². The van der Waals surface area contributed by atoms with Crippen molar-refractivity contribution in [1.29, 1.82) is 0 Å². The van der Waals surface area contributed by atoms with Crippen molar-refractivity contribution in [3.8, 4) is 5.75 Å². The average Bonchev–Trinajstić information content (AvgIpc) is 2.98. The molecule has 0 aliphatic carbocycles. The monoisotopic (exact) mass is 272 g/mol. The number of nitrogens with zero attached hydrogens (tertiary/aromatic N) is 2. The molecule has 0 spiro atoms. The summed E-state index contributed by atoms with van der Waals surface area (Å²) in [5, 5.41) is 9.49. The zero-order valence-corrected chi connectivity index (χ0v) is 11.0. The average molecular weight is 272 g/mol. The van der Waals surface area contributed by atoms with Crippen molar-refractivity contribution >= 4 is 5.91 Å². The number of nitrogens with one attached hydrogen (secondary N) is 2. The lowest BCUT2D eigenvalue weighted by Gasteiger charge is -2.26. The van der Waals surface area contributed by atoms with E-state index in [9.17, 15) is 4.79 Å². The van der Waals surface area contributed by atoms with Gasteiger partial charge < -0.3 is 10.1 Å². The van der Waals surface area contributed by atoms with E-state index in [4.69, 9.17) is 4.74 Å². The summed E-state index contributed by atoms with van der Waals surface area (Å²) in [6, 6.07) is 7.96. The lowest BCUT2D eigenvalue weighted by atomic mass is 10.0. The van der Waals surface area contributed by atoms with E-state index >= 15 is 0 Å². The van der Waals surface area contributed by atoms with E-state index in [1.54, 1.807) is 0 Å². The molecule has 0 bridgehead atoms. The maximum atomic E-state index is 11.9. The Labute approximate surface area is 116 Å². The molecule has 2 heterocycles. The van der Waals surface area contributed by atoms with Gasteiger partial charge in [0.15, 0.2) is 0 Å². The first-order chi connectivity index (χ1) is 9.81. The molecule has 1 aromatic carbocycles. The third kappa shape index (κ3) is 2.96. The summed E-state index contributed by atoms with van der Waals surface area (Å²) in [5.74, 6) is 1.65.